The molecule has 0 saturated carbocycles. The monoisotopic (exact) mass is 537 g/mol. The average Bonchev–Trinajstić information content (AvgIpc) is 3.58. The number of anilines is 1. The summed E-state index contributed by atoms with van der Waals surface area (Å²) in [5, 5.41) is 0. The molecular weight excluding hydrogens is 506 g/mol. The SMILES string of the molecule is Nc1ncnc2c1ncn2[C@@H]1O[C@H](COCc2ccccc2)[C@@H](OCc2ccccc2)[C@H]1OCc1ccccc1. The third-order valence-corrected chi connectivity index (χ3v) is 6.91. The molecule has 204 valence electrons. The Hall–Kier alpha value is -4.15. The molecule has 3 heterocycles. The Labute approximate surface area is 232 Å². The van der Waals surface area contributed by atoms with Gasteiger partial charge in [-0.25, -0.2) is 15.0 Å². The molecule has 1 fully saturated rings. The molecule has 4 atom stereocenters. The largest absolute Gasteiger partial charge is 0.382 e. The number of ether oxygens (including phenoxy) is 4. The molecular formula is C31H31N5O4. The first-order chi connectivity index (χ1) is 19.8. The number of fused-ring (bicyclic) bond motifs is 1. The first kappa shape index (κ1) is 26.1. The molecule has 6 rings (SSSR count). The maximum absolute atomic E-state index is 6.64. The summed E-state index contributed by atoms with van der Waals surface area (Å²) in [4.78, 5) is 13.0. The Morgan fingerprint density at radius 3 is 1.90 bits per heavy atom. The van der Waals surface area contributed by atoms with Gasteiger partial charge in [0.05, 0.1) is 32.8 Å². The molecule has 5 aromatic rings. The van der Waals surface area contributed by atoms with Crippen molar-refractivity contribution >= 4 is 17.0 Å². The first-order valence-corrected chi connectivity index (χ1v) is 13.3. The average molecular weight is 538 g/mol. The maximum atomic E-state index is 6.64. The van der Waals surface area contributed by atoms with Crippen molar-refractivity contribution in [3.8, 4) is 0 Å². The van der Waals surface area contributed by atoms with Gasteiger partial charge in [0.1, 0.15) is 30.2 Å². The van der Waals surface area contributed by atoms with Crippen LogP contribution < -0.4 is 5.73 Å². The summed E-state index contributed by atoms with van der Waals surface area (Å²) in [5.41, 5.74) is 10.4. The number of rotatable bonds is 11. The minimum absolute atomic E-state index is 0.308. The van der Waals surface area contributed by atoms with E-state index in [0.29, 0.717) is 43.4 Å². The fourth-order valence-electron chi connectivity index (χ4n) is 4.90. The number of hydrogen-bond acceptors (Lipinski definition) is 8. The van der Waals surface area contributed by atoms with Crippen LogP contribution in [0, 0.1) is 0 Å². The zero-order chi connectivity index (χ0) is 27.1. The lowest BCUT2D eigenvalue weighted by atomic mass is 10.1. The first-order valence-electron chi connectivity index (χ1n) is 13.3. The second-order valence-electron chi connectivity index (χ2n) is 9.67. The normalized spacial score (nSPS) is 20.7. The minimum Gasteiger partial charge on any atom is -0.382 e. The van der Waals surface area contributed by atoms with Crippen molar-refractivity contribution < 1.29 is 18.9 Å². The maximum Gasteiger partial charge on any atom is 0.167 e. The molecule has 0 amide bonds. The second-order valence-corrected chi connectivity index (χ2v) is 9.67. The molecule has 0 aliphatic carbocycles. The standard InChI is InChI=1S/C31H31N5O4/c32-29-26-30(34-20-33-29)36(21-35-26)31-28(39-18-24-14-8-3-9-15-24)27(38-17-23-12-6-2-7-13-23)25(40-31)19-37-16-22-10-4-1-5-11-22/h1-15,20-21,25,27-28,31H,16-19H2,(H2,32,33,34)/t25-,27-,28-,31-/m1/s1. The van der Waals surface area contributed by atoms with Crippen LogP contribution in [0.3, 0.4) is 0 Å². The van der Waals surface area contributed by atoms with Gasteiger partial charge in [-0.3, -0.25) is 4.57 Å². The zero-order valence-corrected chi connectivity index (χ0v) is 22.0. The van der Waals surface area contributed by atoms with Gasteiger partial charge < -0.3 is 24.7 Å². The molecule has 0 unspecified atom stereocenters. The van der Waals surface area contributed by atoms with Gasteiger partial charge in [-0.05, 0) is 16.7 Å². The molecule has 0 spiro atoms. The number of aromatic nitrogens is 4. The van der Waals surface area contributed by atoms with Crippen LogP contribution in [0.2, 0.25) is 0 Å². The van der Waals surface area contributed by atoms with Gasteiger partial charge in [-0.1, -0.05) is 91.0 Å². The van der Waals surface area contributed by atoms with Gasteiger partial charge in [-0.15, -0.1) is 0 Å². The minimum atomic E-state index is -0.575. The molecule has 1 aliphatic rings. The van der Waals surface area contributed by atoms with Crippen LogP contribution >= 0.6 is 0 Å². The quantitative estimate of drug-likeness (QED) is 0.259. The van der Waals surface area contributed by atoms with Crippen molar-refractivity contribution in [3.63, 3.8) is 0 Å². The summed E-state index contributed by atoms with van der Waals surface area (Å²) in [7, 11) is 0. The van der Waals surface area contributed by atoms with Crippen LogP contribution in [0.25, 0.3) is 11.2 Å². The Morgan fingerprint density at radius 2 is 1.27 bits per heavy atom. The van der Waals surface area contributed by atoms with Gasteiger partial charge in [0.15, 0.2) is 17.7 Å². The lowest BCUT2D eigenvalue weighted by Gasteiger charge is -2.25. The third-order valence-electron chi connectivity index (χ3n) is 6.91. The van der Waals surface area contributed by atoms with Crippen molar-refractivity contribution in [1.29, 1.82) is 0 Å². The zero-order valence-electron chi connectivity index (χ0n) is 22.0. The highest BCUT2D eigenvalue weighted by atomic mass is 16.6. The molecule has 2 N–H and O–H groups in total. The fraction of sp³-hybridized carbons (Fsp3) is 0.258. The van der Waals surface area contributed by atoms with Crippen molar-refractivity contribution in [2.24, 2.45) is 0 Å². The molecule has 2 aromatic heterocycles. The van der Waals surface area contributed by atoms with E-state index in [0.717, 1.165) is 16.7 Å². The fourth-order valence-corrected chi connectivity index (χ4v) is 4.90. The summed E-state index contributed by atoms with van der Waals surface area (Å²) >= 11 is 0. The summed E-state index contributed by atoms with van der Waals surface area (Å²) < 4.78 is 27.7. The van der Waals surface area contributed by atoms with Crippen molar-refractivity contribution in [1.82, 2.24) is 19.5 Å². The predicted molar refractivity (Wildman–Crippen MR) is 150 cm³/mol. The Balaban J connectivity index is 1.29. The van der Waals surface area contributed by atoms with E-state index in [1.807, 2.05) is 95.6 Å². The van der Waals surface area contributed by atoms with E-state index in [1.54, 1.807) is 6.33 Å². The smallest absolute Gasteiger partial charge is 0.167 e. The number of nitrogens with zero attached hydrogens (tertiary/aromatic N) is 4. The molecule has 0 radical (unpaired) electrons. The molecule has 1 saturated heterocycles. The highest BCUT2D eigenvalue weighted by Gasteiger charge is 2.48. The van der Waals surface area contributed by atoms with Crippen molar-refractivity contribution in [2.75, 3.05) is 12.3 Å². The van der Waals surface area contributed by atoms with Crippen molar-refractivity contribution in [2.45, 2.75) is 44.4 Å². The van der Waals surface area contributed by atoms with E-state index in [9.17, 15) is 0 Å². The van der Waals surface area contributed by atoms with E-state index in [1.165, 1.54) is 6.33 Å². The topological polar surface area (TPSA) is 107 Å². The number of hydrogen-bond donors (Lipinski definition) is 1. The van der Waals surface area contributed by atoms with Crippen LogP contribution in [0.15, 0.2) is 104 Å². The van der Waals surface area contributed by atoms with Gasteiger partial charge in [0.2, 0.25) is 0 Å². The van der Waals surface area contributed by atoms with Gasteiger partial charge in [0, 0.05) is 0 Å². The molecule has 0 bridgehead atoms. The summed E-state index contributed by atoms with van der Waals surface area (Å²) in [6.07, 6.45) is 1.20. The molecule has 9 nitrogen and oxygen atoms in total. The summed E-state index contributed by atoms with van der Waals surface area (Å²) in [5.74, 6) is 0.308. The Kier molecular flexibility index (Phi) is 8.06. The molecule has 1 aliphatic heterocycles. The van der Waals surface area contributed by atoms with Gasteiger partial charge in [-0.2, -0.15) is 0 Å². The lowest BCUT2D eigenvalue weighted by molar-refractivity contribution is -0.0913. The van der Waals surface area contributed by atoms with E-state index in [-0.39, 0.29) is 0 Å². The highest BCUT2D eigenvalue weighted by Crippen LogP contribution is 2.37. The molecule has 40 heavy (non-hydrogen) atoms. The van der Waals surface area contributed by atoms with E-state index in [4.69, 9.17) is 24.7 Å². The third kappa shape index (κ3) is 5.88. The number of nitrogen functional groups attached to an aromatic ring is 1. The van der Waals surface area contributed by atoms with Crippen LogP contribution in [0.5, 0.6) is 0 Å². The van der Waals surface area contributed by atoms with Crippen LogP contribution in [0.1, 0.15) is 22.9 Å². The summed E-state index contributed by atoms with van der Waals surface area (Å²) in [6.45, 7) is 1.57. The highest BCUT2D eigenvalue weighted by molar-refractivity contribution is 5.81. The molecule has 9 heteroatoms. The van der Waals surface area contributed by atoms with Crippen molar-refractivity contribution in [3.05, 3.63) is 120 Å². The van der Waals surface area contributed by atoms with Gasteiger partial charge in [0.25, 0.3) is 0 Å². The number of nitrogens with two attached hydrogens (primary N) is 1. The number of benzene rings is 3. The lowest BCUT2D eigenvalue weighted by Crippen LogP contribution is -2.38. The van der Waals surface area contributed by atoms with E-state index < -0.39 is 24.5 Å². The van der Waals surface area contributed by atoms with Crippen LogP contribution in [0.4, 0.5) is 5.82 Å². The Morgan fingerprint density at radius 1 is 0.700 bits per heavy atom. The van der Waals surface area contributed by atoms with E-state index in [2.05, 4.69) is 15.0 Å². The van der Waals surface area contributed by atoms with Crippen LogP contribution in [-0.2, 0) is 38.8 Å². The van der Waals surface area contributed by atoms with E-state index >= 15 is 0 Å². The Bertz CT molecular complexity index is 1500. The molecule has 3 aromatic carbocycles. The van der Waals surface area contributed by atoms with Crippen LogP contribution in [-0.4, -0.2) is 44.4 Å². The predicted octanol–water partition coefficient (Wildman–Crippen LogP) is 4.69. The van der Waals surface area contributed by atoms with Gasteiger partial charge >= 0.3 is 0 Å². The summed E-state index contributed by atoms with van der Waals surface area (Å²) in [6, 6.07) is 30.2. The second kappa shape index (κ2) is 12.4. The number of imidazole rings is 1.